The Balaban J connectivity index is 1.65. The first-order chi connectivity index (χ1) is 16.2. The molecule has 1 heterocycles. The van der Waals surface area contributed by atoms with Crippen LogP contribution in [0.2, 0.25) is 0 Å². The highest BCUT2D eigenvalue weighted by molar-refractivity contribution is 7.99. The van der Waals surface area contributed by atoms with E-state index >= 15 is 0 Å². The lowest BCUT2D eigenvalue weighted by atomic mass is 10.0. The van der Waals surface area contributed by atoms with Crippen LogP contribution in [0.4, 0.5) is 11.4 Å². The molecule has 1 atom stereocenters. The van der Waals surface area contributed by atoms with Crippen LogP contribution in [0.5, 0.6) is 0 Å². The molecule has 0 aliphatic rings. The van der Waals surface area contributed by atoms with Gasteiger partial charge < -0.3 is 15.2 Å². The van der Waals surface area contributed by atoms with Crippen LogP contribution in [0.15, 0.2) is 53.7 Å². The molecular weight excluding hydrogens is 456 g/mol. The standard InChI is InChI=1S/C23H26N6O4S/c1-14(2)20(25-22(31)16-8-6-5-7-9-16)21-26-27-23(28(21)4)34-13-19(30)24-18-11-10-17(29(32)33)12-15(18)3/h5-12,14,20H,13H2,1-4H3,(H,24,30)(H,25,31)/t20-/m0/s1. The van der Waals surface area contributed by atoms with Crippen LogP contribution >= 0.6 is 11.8 Å². The maximum atomic E-state index is 12.7. The van der Waals surface area contributed by atoms with Gasteiger partial charge in [-0.2, -0.15) is 0 Å². The fraction of sp³-hybridized carbons (Fsp3) is 0.304. The van der Waals surface area contributed by atoms with E-state index in [2.05, 4.69) is 20.8 Å². The fourth-order valence-electron chi connectivity index (χ4n) is 3.28. The Kier molecular flexibility index (Phi) is 8.00. The van der Waals surface area contributed by atoms with Crippen molar-refractivity contribution in [3.8, 4) is 0 Å². The van der Waals surface area contributed by atoms with Gasteiger partial charge in [0.25, 0.3) is 11.6 Å². The predicted octanol–water partition coefficient (Wildman–Crippen LogP) is 3.89. The molecule has 2 N–H and O–H groups in total. The fourth-order valence-corrected chi connectivity index (χ4v) is 4.00. The Hall–Kier alpha value is -3.73. The van der Waals surface area contributed by atoms with Crippen LogP contribution in [-0.2, 0) is 11.8 Å². The molecule has 0 saturated carbocycles. The number of anilines is 1. The molecule has 10 nitrogen and oxygen atoms in total. The largest absolute Gasteiger partial charge is 0.342 e. The summed E-state index contributed by atoms with van der Waals surface area (Å²) < 4.78 is 1.77. The van der Waals surface area contributed by atoms with Gasteiger partial charge in [0.15, 0.2) is 11.0 Å². The summed E-state index contributed by atoms with van der Waals surface area (Å²) in [7, 11) is 1.79. The van der Waals surface area contributed by atoms with Crippen molar-refractivity contribution in [2.75, 3.05) is 11.1 Å². The number of rotatable bonds is 9. The topological polar surface area (TPSA) is 132 Å². The molecule has 3 rings (SSSR count). The zero-order valence-electron chi connectivity index (χ0n) is 19.3. The zero-order valence-corrected chi connectivity index (χ0v) is 20.1. The monoisotopic (exact) mass is 482 g/mol. The van der Waals surface area contributed by atoms with Gasteiger partial charge in [-0.1, -0.05) is 43.8 Å². The Morgan fingerprint density at radius 1 is 1.15 bits per heavy atom. The van der Waals surface area contributed by atoms with Crippen molar-refractivity contribution < 1.29 is 14.5 Å². The molecule has 0 aliphatic heterocycles. The van der Waals surface area contributed by atoms with E-state index < -0.39 is 4.92 Å². The van der Waals surface area contributed by atoms with Gasteiger partial charge in [-0.3, -0.25) is 19.7 Å². The number of nitro benzene ring substituents is 1. The molecule has 1 aromatic heterocycles. The third-order valence-electron chi connectivity index (χ3n) is 5.16. The molecule has 3 aromatic rings. The summed E-state index contributed by atoms with van der Waals surface area (Å²) in [5.41, 5.74) is 1.64. The number of thioether (sulfide) groups is 1. The number of nitrogens with zero attached hydrogens (tertiary/aromatic N) is 4. The zero-order chi connectivity index (χ0) is 24.8. The average Bonchev–Trinajstić information content (AvgIpc) is 3.17. The molecule has 0 unspecified atom stereocenters. The molecule has 0 bridgehead atoms. The van der Waals surface area contributed by atoms with Crippen molar-refractivity contribution in [2.45, 2.75) is 32.0 Å². The highest BCUT2D eigenvalue weighted by Crippen LogP contribution is 2.25. The number of amides is 2. The van der Waals surface area contributed by atoms with E-state index in [1.54, 1.807) is 42.8 Å². The molecule has 11 heteroatoms. The number of aryl methyl sites for hydroxylation is 1. The van der Waals surface area contributed by atoms with Crippen molar-refractivity contribution in [1.82, 2.24) is 20.1 Å². The van der Waals surface area contributed by atoms with Crippen LogP contribution in [0, 0.1) is 23.0 Å². The second kappa shape index (κ2) is 10.9. The van der Waals surface area contributed by atoms with Crippen molar-refractivity contribution in [1.29, 1.82) is 0 Å². The Labute approximate surface area is 201 Å². The minimum Gasteiger partial charge on any atom is -0.342 e. The van der Waals surface area contributed by atoms with Gasteiger partial charge in [0.05, 0.1) is 16.7 Å². The van der Waals surface area contributed by atoms with Gasteiger partial charge in [0, 0.05) is 30.4 Å². The molecule has 0 fully saturated rings. The van der Waals surface area contributed by atoms with Gasteiger partial charge >= 0.3 is 0 Å². The SMILES string of the molecule is Cc1cc([N+](=O)[O-])ccc1NC(=O)CSc1nnc([C@@H](NC(=O)c2ccccc2)C(C)C)n1C. The lowest BCUT2D eigenvalue weighted by molar-refractivity contribution is -0.384. The van der Waals surface area contributed by atoms with Crippen molar-refractivity contribution >= 4 is 35.0 Å². The summed E-state index contributed by atoms with van der Waals surface area (Å²) >= 11 is 1.21. The van der Waals surface area contributed by atoms with Crippen molar-refractivity contribution in [2.24, 2.45) is 13.0 Å². The summed E-state index contributed by atoms with van der Waals surface area (Å²) in [5, 5.41) is 25.7. The molecule has 2 amide bonds. The van der Waals surface area contributed by atoms with E-state index in [0.717, 1.165) is 0 Å². The number of nitro groups is 1. The van der Waals surface area contributed by atoms with E-state index in [-0.39, 0.29) is 35.2 Å². The Morgan fingerprint density at radius 2 is 1.85 bits per heavy atom. The first kappa shape index (κ1) is 24.9. The van der Waals surface area contributed by atoms with Crippen LogP contribution in [0.25, 0.3) is 0 Å². The van der Waals surface area contributed by atoms with Gasteiger partial charge in [-0.05, 0) is 36.6 Å². The van der Waals surface area contributed by atoms with E-state index in [9.17, 15) is 19.7 Å². The molecule has 2 aromatic carbocycles. The first-order valence-electron chi connectivity index (χ1n) is 10.6. The van der Waals surface area contributed by atoms with Crippen LogP contribution in [0.3, 0.4) is 0 Å². The number of nitrogens with one attached hydrogen (secondary N) is 2. The highest BCUT2D eigenvalue weighted by Gasteiger charge is 2.25. The van der Waals surface area contributed by atoms with Crippen LogP contribution in [-0.4, -0.2) is 37.3 Å². The minimum atomic E-state index is -0.479. The lowest BCUT2D eigenvalue weighted by Gasteiger charge is -2.21. The first-order valence-corrected chi connectivity index (χ1v) is 11.6. The van der Waals surface area contributed by atoms with Crippen molar-refractivity contribution in [3.05, 3.63) is 75.6 Å². The third kappa shape index (κ3) is 5.98. The molecule has 178 valence electrons. The summed E-state index contributed by atoms with van der Waals surface area (Å²) in [4.78, 5) is 35.5. The molecule has 0 aliphatic carbocycles. The van der Waals surface area contributed by atoms with Crippen molar-refractivity contribution in [3.63, 3.8) is 0 Å². The van der Waals surface area contributed by atoms with E-state index in [4.69, 9.17) is 0 Å². The number of non-ortho nitro benzene ring substituents is 1. The molecule has 0 radical (unpaired) electrons. The number of carbonyl (C=O) groups is 2. The lowest BCUT2D eigenvalue weighted by Crippen LogP contribution is -2.33. The number of aromatic nitrogens is 3. The normalized spacial score (nSPS) is 11.8. The Morgan fingerprint density at radius 3 is 2.47 bits per heavy atom. The van der Waals surface area contributed by atoms with Gasteiger partial charge in [0.2, 0.25) is 5.91 Å². The number of hydrogen-bond acceptors (Lipinski definition) is 7. The summed E-state index contributed by atoms with van der Waals surface area (Å²) in [6, 6.07) is 12.9. The maximum Gasteiger partial charge on any atom is 0.269 e. The van der Waals surface area contributed by atoms with Crippen LogP contribution in [0.1, 0.15) is 41.6 Å². The van der Waals surface area contributed by atoms with E-state index in [1.807, 2.05) is 19.9 Å². The van der Waals surface area contributed by atoms with Crippen LogP contribution < -0.4 is 10.6 Å². The number of benzene rings is 2. The summed E-state index contributed by atoms with van der Waals surface area (Å²) in [6.07, 6.45) is 0. The smallest absolute Gasteiger partial charge is 0.269 e. The van der Waals surface area contributed by atoms with Gasteiger partial charge in [-0.25, -0.2) is 0 Å². The number of carbonyl (C=O) groups excluding carboxylic acids is 2. The summed E-state index contributed by atoms with van der Waals surface area (Å²) in [6.45, 7) is 5.66. The minimum absolute atomic E-state index is 0.0319. The van der Waals surface area contributed by atoms with Gasteiger partial charge in [0.1, 0.15) is 0 Å². The Bertz CT molecular complexity index is 1200. The second-order valence-corrected chi connectivity index (χ2v) is 9.00. The second-order valence-electron chi connectivity index (χ2n) is 8.05. The summed E-state index contributed by atoms with van der Waals surface area (Å²) in [5.74, 6) is 0.249. The highest BCUT2D eigenvalue weighted by atomic mass is 32.2. The molecular formula is C23H26N6O4S. The maximum absolute atomic E-state index is 12.7. The molecule has 0 saturated heterocycles. The molecule has 0 spiro atoms. The van der Waals surface area contributed by atoms with Gasteiger partial charge in [-0.15, -0.1) is 10.2 Å². The van der Waals surface area contributed by atoms with E-state index in [1.165, 1.54) is 30.0 Å². The molecule has 34 heavy (non-hydrogen) atoms. The average molecular weight is 483 g/mol. The quantitative estimate of drug-likeness (QED) is 0.269. The third-order valence-corrected chi connectivity index (χ3v) is 6.18. The van der Waals surface area contributed by atoms with E-state index in [0.29, 0.717) is 27.8 Å². The predicted molar refractivity (Wildman–Crippen MR) is 130 cm³/mol. The number of hydrogen-bond donors (Lipinski definition) is 2.